The quantitative estimate of drug-likeness (QED) is 0.438. The van der Waals surface area contributed by atoms with Crippen molar-refractivity contribution in [3.8, 4) is 0 Å². The number of halogens is 2. The van der Waals surface area contributed by atoms with Crippen molar-refractivity contribution >= 4 is 63.1 Å². The number of rotatable bonds is 2. The first-order valence-electron chi connectivity index (χ1n) is 5.96. The van der Waals surface area contributed by atoms with Crippen molar-refractivity contribution in [2.75, 3.05) is 0 Å². The number of nitrogens with zero attached hydrogens (tertiary/aromatic N) is 2. The van der Waals surface area contributed by atoms with Crippen LogP contribution < -0.4 is 11.1 Å². The molecule has 0 radical (unpaired) electrons. The van der Waals surface area contributed by atoms with Gasteiger partial charge >= 0.3 is 0 Å². The molecule has 0 amide bonds. The van der Waals surface area contributed by atoms with Gasteiger partial charge in [0.2, 0.25) is 0 Å². The number of nitrogens with one attached hydrogen (secondary N) is 1. The molecule has 0 saturated heterocycles. The van der Waals surface area contributed by atoms with E-state index in [4.69, 9.17) is 17.3 Å². The van der Waals surface area contributed by atoms with Gasteiger partial charge in [0.05, 0.1) is 16.8 Å². The van der Waals surface area contributed by atoms with Crippen molar-refractivity contribution in [1.82, 2.24) is 10.3 Å². The van der Waals surface area contributed by atoms with E-state index in [0.717, 1.165) is 15.2 Å². The highest BCUT2D eigenvalue weighted by atomic mass is 127. The van der Waals surface area contributed by atoms with Gasteiger partial charge in [0, 0.05) is 10.6 Å². The Bertz CT molecular complexity index is 618. The lowest BCUT2D eigenvalue weighted by molar-refractivity contribution is 0.508. The average Bonchev–Trinajstić information content (AvgIpc) is 2.66. The van der Waals surface area contributed by atoms with Crippen LogP contribution in [0, 0.1) is 0 Å². The molecule has 0 saturated carbocycles. The van der Waals surface area contributed by atoms with E-state index in [9.17, 15) is 0 Å². The molecule has 0 atom stereocenters. The molecule has 20 heavy (non-hydrogen) atoms. The number of nitrogens with two attached hydrogens (primary N) is 1. The molecule has 110 valence electrons. The summed E-state index contributed by atoms with van der Waals surface area (Å²) in [5.74, 6) is 0.435. The Morgan fingerprint density at radius 3 is 2.80 bits per heavy atom. The highest BCUT2D eigenvalue weighted by Crippen LogP contribution is 2.25. The molecule has 0 aliphatic heterocycles. The van der Waals surface area contributed by atoms with E-state index < -0.39 is 0 Å². The summed E-state index contributed by atoms with van der Waals surface area (Å²) in [6, 6.07) is 5.70. The van der Waals surface area contributed by atoms with Crippen LogP contribution in [0.4, 0.5) is 0 Å². The van der Waals surface area contributed by atoms with Crippen molar-refractivity contribution in [1.29, 1.82) is 0 Å². The summed E-state index contributed by atoms with van der Waals surface area (Å²) in [6.07, 6.45) is 0. The molecule has 3 N–H and O–H groups in total. The van der Waals surface area contributed by atoms with Gasteiger partial charge in [-0.05, 0) is 39.0 Å². The van der Waals surface area contributed by atoms with Crippen LogP contribution >= 0.6 is 46.9 Å². The normalized spacial score (nSPS) is 12.3. The molecule has 2 rings (SSSR count). The number of thiazole rings is 1. The van der Waals surface area contributed by atoms with Crippen molar-refractivity contribution in [3.63, 3.8) is 0 Å². The molecule has 4 nitrogen and oxygen atoms in total. The van der Waals surface area contributed by atoms with Crippen molar-refractivity contribution < 1.29 is 0 Å². The van der Waals surface area contributed by atoms with Crippen molar-refractivity contribution in [2.24, 2.45) is 10.7 Å². The number of hydrogen-bond acceptors (Lipinski definition) is 3. The van der Waals surface area contributed by atoms with Crippen molar-refractivity contribution in [2.45, 2.75) is 32.9 Å². The number of hydrogen-bond donors (Lipinski definition) is 2. The molecule has 0 bridgehead atoms. The van der Waals surface area contributed by atoms with Gasteiger partial charge in [-0.25, -0.2) is 9.98 Å². The third-order valence-electron chi connectivity index (χ3n) is 2.28. The monoisotopic (exact) mass is 424 g/mol. The van der Waals surface area contributed by atoms with Gasteiger partial charge in [-0.1, -0.05) is 11.6 Å². The van der Waals surface area contributed by atoms with E-state index in [1.807, 2.05) is 39.0 Å². The van der Waals surface area contributed by atoms with Gasteiger partial charge in [0.25, 0.3) is 0 Å². The zero-order valence-electron chi connectivity index (χ0n) is 11.6. The zero-order valence-corrected chi connectivity index (χ0v) is 15.5. The van der Waals surface area contributed by atoms with Gasteiger partial charge < -0.3 is 11.1 Å². The summed E-state index contributed by atoms with van der Waals surface area (Å²) < 4.78 is 1.11. The number of guanidine groups is 1. The minimum atomic E-state index is -0.0886. The Morgan fingerprint density at radius 1 is 1.45 bits per heavy atom. The molecule has 1 aromatic carbocycles. The summed E-state index contributed by atoms with van der Waals surface area (Å²) in [4.78, 5) is 8.78. The maximum absolute atomic E-state index is 5.94. The lowest BCUT2D eigenvalue weighted by Crippen LogP contribution is -2.44. The van der Waals surface area contributed by atoms with E-state index in [0.29, 0.717) is 17.5 Å². The van der Waals surface area contributed by atoms with E-state index in [-0.39, 0.29) is 29.5 Å². The molecule has 0 fully saturated rings. The van der Waals surface area contributed by atoms with Crippen LogP contribution in [0.2, 0.25) is 5.02 Å². The lowest BCUT2D eigenvalue weighted by Gasteiger charge is -2.20. The molecule has 1 aromatic heterocycles. The summed E-state index contributed by atoms with van der Waals surface area (Å²) >= 11 is 7.54. The van der Waals surface area contributed by atoms with Crippen LogP contribution in [0.3, 0.4) is 0 Å². The number of aliphatic imine (C=N–C) groups is 1. The number of benzene rings is 1. The molecule has 0 spiro atoms. The molecule has 7 heteroatoms. The fourth-order valence-corrected chi connectivity index (χ4v) is 2.63. The Hall–Kier alpha value is -0.600. The Kier molecular flexibility index (Phi) is 6.03. The van der Waals surface area contributed by atoms with Gasteiger partial charge in [-0.2, -0.15) is 0 Å². The van der Waals surface area contributed by atoms with Crippen molar-refractivity contribution in [3.05, 3.63) is 28.2 Å². The Labute approximate surface area is 144 Å². The highest BCUT2D eigenvalue weighted by molar-refractivity contribution is 14.0. The van der Waals surface area contributed by atoms with Crippen LogP contribution in [0.1, 0.15) is 25.8 Å². The van der Waals surface area contributed by atoms with Crippen LogP contribution in [0.15, 0.2) is 23.2 Å². The summed E-state index contributed by atoms with van der Waals surface area (Å²) in [5.41, 5.74) is 6.64. The van der Waals surface area contributed by atoms with E-state index in [1.54, 1.807) is 11.3 Å². The first-order chi connectivity index (χ1) is 8.83. The third-order valence-corrected chi connectivity index (χ3v) is 3.54. The highest BCUT2D eigenvalue weighted by Gasteiger charge is 2.10. The van der Waals surface area contributed by atoms with E-state index in [2.05, 4.69) is 15.3 Å². The van der Waals surface area contributed by atoms with E-state index >= 15 is 0 Å². The summed E-state index contributed by atoms with van der Waals surface area (Å²) in [7, 11) is 0. The molecule has 0 aliphatic rings. The molecule has 1 heterocycles. The van der Waals surface area contributed by atoms with Gasteiger partial charge in [0.1, 0.15) is 5.01 Å². The van der Waals surface area contributed by atoms with E-state index in [1.165, 1.54) is 0 Å². The summed E-state index contributed by atoms with van der Waals surface area (Å²) in [6.45, 7) is 6.59. The maximum atomic E-state index is 5.94. The average molecular weight is 425 g/mol. The smallest absolute Gasteiger partial charge is 0.189 e. The molecule has 0 aliphatic carbocycles. The first kappa shape index (κ1) is 17.5. The second-order valence-electron chi connectivity index (χ2n) is 5.30. The second kappa shape index (κ2) is 6.91. The third kappa shape index (κ3) is 5.06. The van der Waals surface area contributed by atoms with Crippen LogP contribution in [0.25, 0.3) is 10.2 Å². The standard InChI is InChI=1S/C13H17ClN4S.HI/c1-13(2,3)18-12(15)16-7-11-17-9-6-8(14)4-5-10(9)19-11;/h4-6H,7H2,1-3H3,(H3,15,16,18);1H. The number of aromatic nitrogens is 1. The largest absolute Gasteiger partial charge is 0.370 e. The first-order valence-corrected chi connectivity index (χ1v) is 7.16. The predicted molar refractivity (Wildman–Crippen MR) is 98.3 cm³/mol. The molecule has 2 aromatic rings. The predicted octanol–water partition coefficient (Wildman–Crippen LogP) is 3.77. The van der Waals surface area contributed by atoms with Crippen LogP contribution in [0.5, 0.6) is 0 Å². The number of fused-ring (bicyclic) bond motifs is 1. The minimum absolute atomic E-state index is 0. The molecular weight excluding hydrogens is 407 g/mol. The maximum Gasteiger partial charge on any atom is 0.189 e. The van der Waals surface area contributed by atoms with Crippen LogP contribution in [-0.2, 0) is 6.54 Å². The minimum Gasteiger partial charge on any atom is -0.370 e. The Morgan fingerprint density at radius 2 is 2.15 bits per heavy atom. The fourth-order valence-electron chi connectivity index (χ4n) is 1.59. The van der Waals surface area contributed by atoms with Gasteiger partial charge in [-0.15, -0.1) is 35.3 Å². The van der Waals surface area contributed by atoms with Gasteiger partial charge in [-0.3, -0.25) is 0 Å². The van der Waals surface area contributed by atoms with Gasteiger partial charge in [0.15, 0.2) is 5.96 Å². The fraction of sp³-hybridized carbons (Fsp3) is 0.385. The SMILES string of the molecule is CC(C)(C)NC(N)=NCc1nc2cc(Cl)ccc2s1.I. The topological polar surface area (TPSA) is 63.3 Å². The molecular formula is C13H18ClIN4S. The Balaban J connectivity index is 0.00000200. The lowest BCUT2D eigenvalue weighted by atomic mass is 10.1. The summed E-state index contributed by atoms with van der Waals surface area (Å²) in [5, 5.41) is 4.74. The zero-order chi connectivity index (χ0) is 14.0. The second-order valence-corrected chi connectivity index (χ2v) is 6.85. The molecule has 0 unspecified atom stereocenters. The van der Waals surface area contributed by atoms with Crippen LogP contribution in [-0.4, -0.2) is 16.5 Å².